The first-order valence-corrected chi connectivity index (χ1v) is 10.5. The predicted molar refractivity (Wildman–Crippen MR) is 124 cm³/mol. The topological polar surface area (TPSA) is 92.1 Å². The van der Waals surface area contributed by atoms with E-state index in [1.165, 1.54) is 12.4 Å². The Kier molecular flexibility index (Phi) is 6.21. The minimum absolute atomic E-state index is 0.189. The van der Waals surface area contributed by atoms with Crippen LogP contribution in [0.1, 0.15) is 23.0 Å². The molecule has 0 aliphatic carbocycles. The first-order valence-electron chi connectivity index (χ1n) is 10.5. The number of benzene rings is 2. The molecule has 0 saturated carbocycles. The average Bonchev–Trinajstić information content (AvgIpc) is 3.09. The van der Waals surface area contributed by atoms with Crippen LogP contribution < -0.4 is 10.6 Å². The maximum Gasteiger partial charge on any atom is 0.337 e. The van der Waals surface area contributed by atoms with Gasteiger partial charge in [0.15, 0.2) is 0 Å². The van der Waals surface area contributed by atoms with E-state index in [-0.39, 0.29) is 5.56 Å². The lowest BCUT2D eigenvalue weighted by Crippen LogP contribution is -2.13. The van der Waals surface area contributed by atoms with Crippen molar-refractivity contribution >= 4 is 28.4 Å². The van der Waals surface area contributed by atoms with Crippen LogP contribution in [0.15, 0.2) is 48.8 Å². The van der Waals surface area contributed by atoms with E-state index < -0.39 is 17.6 Å². The summed E-state index contributed by atoms with van der Waals surface area (Å²) in [6.07, 6.45) is 1.43. The van der Waals surface area contributed by atoms with Crippen molar-refractivity contribution < 1.29 is 18.7 Å². The van der Waals surface area contributed by atoms with Gasteiger partial charge in [-0.1, -0.05) is 6.07 Å². The minimum atomic E-state index is -1.01. The normalized spacial score (nSPS) is 11.0. The van der Waals surface area contributed by atoms with Gasteiger partial charge in [-0.15, -0.1) is 0 Å². The van der Waals surface area contributed by atoms with Crippen LogP contribution in [0.3, 0.4) is 0 Å². The maximum absolute atomic E-state index is 14.3. The molecule has 0 spiro atoms. The van der Waals surface area contributed by atoms with Gasteiger partial charge in [-0.25, -0.2) is 23.5 Å². The highest BCUT2D eigenvalue weighted by Gasteiger charge is 2.13. The number of carboxylic acid groups (broad SMARTS) is 1. The smallest absolute Gasteiger partial charge is 0.337 e. The summed E-state index contributed by atoms with van der Waals surface area (Å²) >= 11 is 0. The predicted octanol–water partition coefficient (Wildman–Crippen LogP) is 4.93. The van der Waals surface area contributed by atoms with E-state index in [0.29, 0.717) is 47.7 Å². The Labute approximate surface area is 189 Å². The Morgan fingerprint density at radius 3 is 2.67 bits per heavy atom. The molecule has 7 nitrogen and oxygen atoms in total. The van der Waals surface area contributed by atoms with Gasteiger partial charge in [0, 0.05) is 54.1 Å². The van der Waals surface area contributed by atoms with Gasteiger partial charge in [0.2, 0.25) is 0 Å². The molecule has 0 bridgehead atoms. The minimum Gasteiger partial charge on any atom is -0.478 e. The molecule has 0 fully saturated rings. The Morgan fingerprint density at radius 1 is 1.09 bits per heavy atom. The molecule has 3 N–H and O–H groups in total. The number of rotatable bonds is 8. The molecule has 170 valence electrons. The summed E-state index contributed by atoms with van der Waals surface area (Å²) in [5.74, 6) is -1.62. The van der Waals surface area contributed by atoms with E-state index in [1.807, 2.05) is 13.8 Å². The molecule has 4 rings (SSSR count). The number of carbonyl (C=O) groups is 1. The second-order valence-corrected chi connectivity index (χ2v) is 7.57. The summed E-state index contributed by atoms with van der Waals surface area (Å²) in [4.78, 5) is 20.0. The van der Waals surface area contributed by atoms with Crippen LogP contribution in [0.2, 0.25) is 0 Å². The van der Waals surface area contributed by atoms with E-state index in [1.54, 1.807) is 34.9 Å². The van der Waals surface area contributed by atoms with Gasteiger partial charge in [-0.2, -0.15) is 0 Å². The number of aromatic carboxylic acids is 1. The fraction of sp³-hybridized carbons (Fsp3) is 0.208. The zero-order chi connectivity index (χ0) is 23.5. The third kappa shape index (κ3) is 4.62. The highest BCUT2D eigenvalue weighted by Crippen LogP contribution is 2.26. The second-order valence-electron chi connectivity index (χ2n) is 7.57. The number of aryl methyl sites for hydroxylation is 1. The number of anilines is 2. The SMILES string of the molecule is CCNc1cc(-c2cc(NCCn3c(C)cc4cc(F)cc(F)c43)ncn2)ccc1C(=O)O. The standard InChI is InChI=1S/C24H23F2N5O2/c1-3-27-21-10-15(4-5-18(21)24(32)33)20-12-22(30-13-29-20)28-6-7-31-14(2)8-16-9-17(25)11-19(26)23(16)31/h4-5,8-13,27H,3,6-7H2,1-2H3,(H,32,33)(H,28,29,30). The van der Waals surface area contributed by atoms with Crippen LogP contribution >= 0.6 is 0 Å². The summed E-state index contributed by atoms with van der Waals surface area (Å²) in [5.41, 5.74) is 3.28. The van der Waals surface area contributed by atoms with Crippen molar-refractivity contribution in [3.63, 3.8) is 0 Å². The summed E-state index contributed by atoms with van der Waals surface area (Å²) in [6, 6.07) is 10.7. The van der Waals surface area contributed by atoms with Gasteiger partial charge in [0.1, 0.15) is 23.8 Å². The first kappa shape index (κ1) is 22.2. The summed E-state index contributed by atoms with van der Waals surface area (Å²) in [7, 11) is 0. The molecular formula is C24H23F2N5O2. The largest absolute Gasteiger partial charge is 0.478 e. The molecule has 0 atom stereocenters. The lowest BCUT2D eigenvalue weighted by molar-refractivity contribution is 0.0698. The van der Waals surface area contributed by atoms with Gasteiger partial charge in [0.05, 0.1) is 16.8 Å². The first-order chi connectivity index (χ1) is 15.9. The maximum atomic E-state index is 14.3. The molecule has 0 unspecified atom stereocenters. The Bertz CT molecular complexity index is 1340. The lowest BCUT2D eigenvalue weighted by atomic mass is 10.1. The van der Waals surface area contributed by atoms with Crippen molar-refractivity contribution in [3.05, 3.63) is 71.7 Å². The quantitative estimate of drug-likeness (QED) is 0.352. The number of fused-ring (bicyclic) bond motifs is 1. The Morgan fingerprint density at radius 2 is 1.91 bits per heavy atom. The summed E-state index contributed by atoms with van der Waals surface area (Å²) in [5, 5.41) is 16.2. The van der Waals surface area contributed by atoms with E-state index in [9.17, 15) is 18.7 Å². The van der Waals surface area contributed by atoms with Crippen LogP contribution in [0.4, 0.5) is 20.3 Å². The molecule has 2 aromatic heterocycles. The molecule has 2 aromatic carbocycles. The van der Waals surface area contributed by atoms with E-state index in [4.69, 9.17) is 0 Å². The van der Waals surface area contributed by atoms with Gasteiger partial charge in [0.25, 0.3) is 0 Å². The fourth-order valence-electron chi connectivity index (χ4n) is 3.88. The zero-order valence-corrected chi connectivity index (χ0v) is 18.2. The van der Waals surface area contributed by atoms with Crippen molar-refractivity contribution in [2.75, 3.05) is 23.7 Å². The third-order valence-corrected chi connectivity index (χ3v) is 5.34. The van der Waals surface area contributed by atoms with Crippen molar-refractivity contribution in [1.82, 2.24) is 14.5 Å². The van der Waals surface area contributed by atoms with E-state index >= 15 is 0 Å². The van der Waals surface area contributed by atoms with Crippen LogP contribution in [-0.4, -0.2) is 38.7 Å². The Hall–Kier alpha value is -4.01. The monoisotopic (exact) mass is 451 g/mol. The number of hydrogen-bond donors (Lipinski definition) is 3. The van der Waals surface area contributed by atoms with Crippen molar-refractivity contribution in [2.45, 2.75) is 20.4 Å². The molecule has 2 heterocycles. The van der Waals surface area contributed by atoms with E-state index in [0.717, 1.165) is 17.3 Å². The molecule has 0 radical (unpaired) electrons. The highest BCUT2D eigenvalue weighted by molar-refractivity contribution is 5.95. The summed E-state index contributed by atoms with van der Waals surface area (Å²) in [6.45, 7) is 5.24. The molecule has 0 aliphatic rings. The fourth-order valence-corrected chi connectivity index (χ4v) is 3.88. The van der Waals surface area contributed by atoms with Gasteiger partial charge in [-0.3, -0.25) is 0 Å². The van der Waals surface area contributed by atoms with Crippen molar-refractivity contribution in [3.8, 4) is 11.3 Å². The highest BCUT2D eigenvalue weighted by atomic mass is 19.1. The third-order valence-electron chi connectivity index (χ3n) is 5.34. The van der Waals surface area contributed by atoms with Crippen molar-refractivity contribution in [2.24, 2.45) is 0 Å². The number of carboxylic acids is 1. The molecule has 0 saturated heterocycles. The average molecular weight is 451 g/mol. The second kappa shape index (κ2) is 9.23. The molecular weight excluding hydrogens is 428 g/mol. The van der Waals surface area contributed by atoms with Gasteiger partial charge in [-0.05, 0) is 38.1 Å². The zero-order valence-electron chi connectivity index (χ0n) is 18.2. The number of halogens is 2. The number of nitrogens with one attached hydrogen (secondary N) is 2. The molecule has 0 amide bonds. The van der Waals surface area contributed by atoms with Crippen LogP contribution in [0.5, 0.6) is 0 Å². The number of aromatic nitrogens is 3. The summed E-state index contributed by atoms with van der Waals surface area (Å²) < 4.78 is 29.6. The number of nitrogens with zero attached hydrogens (tertiary/aromatic N) is 3. The molecule has 9 heteroatoms. The van der Waals surface area contributed by atoms with Crippen LogP contribution in [0.25, 0.3) is 22.2 Å². The number of hydrogen-bond acceptors (Lipinski definition) is 5. The van der Waals surface area contributed by atoms with E-state index in [2.05, 4.69) is 20.6 Å². The van der Waals surface area contributed by atoms with Crippen molar-refractivity contribution in [1.29, 1.82) is 0 Å². The Balaban J connectivity index is 1.52. The van der Waals surface area contributed by atoms with Crippen LogP contribution in [-0.2, 0) is 6.54 Å². The van der Waals surface area contributed by atoms with Gasteiger partial charge >= 0.3 is 5.97 Å². The lowest BCUT2D eigenvalue weighted by Gasteiger charge is -2.12. The van der Waals surface area contributed by atoms with Crippen LogP contribution in [0, 0.1) is 18.6 Å². The molecule has 33 heavy (non-hydrogen) atoms. The molecule has 4 aromatic rings. The van der Waals surface area contributed by atoms with Gasteiger partial charge < -0.3 is 20.3 Å². The molecule has 0 aliphatic heterocycles.